The lowest BCUT2D eigenvalue weighted by Gasteiger charge is -2.33. The lowest BCUT2D eigenvalue weighted by molar-refractivity contribution is -0.125. The Balaban J connectivity index is 0.00000288. The van der Waals surface area contributed by atoms with E-state index in [1.54, 1.807) is 0 Å². The molecule has 2 rings (SSSR count). The third-order valence-electron chi connectivity index (χ3n) is 4.10. The number of hydrogen-bond donors (Lipinski definition) is 3. The van der Waals surface area contributed by atoms with Crippen molar-refractivity contribution in [1.29, 1.82) is 0 Å². The van der Waals surface area contributed by atoms with Gasteiger partial charge in [-0.3, -0.25) is 14.5 Å². The van der Waals surface area contributed by atoms with Crippen LogP contribution in [-0.4, -0.2) is 55.5 Å². The van der Waals surface area contributed by atoms with Gasteiger partial charge in [0.2, 0.25) is 11.8 Å². The number of aryl methyl sites for hydroxylation is 1. The Morgan fingerprint density at radius 1 is 1.29 bits per heavy atom. The molecular weight excluding hydrogens is 328 g/mol. The number of hydrogen-bond acceptors (Lipinski definition) is 4. The Morgan fingerprint density at radius 3 is 2.75 bits per heavy atom. The van der Waals surface area contributed by atoms with Gasteiger partial charge < -0.3 is 16.0 Å². The number of benzene rings is 1. The van der Waals surface area contributed by atoms with E-state index in [9.17, 15) is 9.59 Å². The molecule has 0 radical (unpaired) electrons. The molecule has 1 aromatic carbocycles. The molecular formula is C17H27ClN4O2. The number of nitrogens with one attached hydrogen (secondary N) is 3. The van der Waals surface area contributed by atoms with Crippen molar-refractivity contribution in [3.8, 4) is 0 Å². The van der Waals surface area contributed by atoms with E-state index in [2.05, 4.69) is 27.8 Å². The average Bonchev–Trinajstić information content (AvgIpc) is 2.55. The van der Waals surface area contributed by atoms with Crippen LogP contribution < -0.4 is 16.0 Å². The van der Waals surface area contributed by atoms with Crippen molar-refractivity contribution in [2.24, 2.45) is 0 Å². The first kappa shape index (κ1) is 20.4. The highest BCUT2D eigenvalue weighted by Crippen LogP contribution is 2.14. The van der Waals surface area contributed by atoms with Crippen molar-refractivity contribution < 1.29 is 9.59 Å². The fraction of sp³-hybridized carbons (Fsp3) is 0.529. The van der Waals surface area contributed by atoms with E-state index in [0.29, 0.717) is 12.6 Å². The maximum atomic E-state index is 12.0. The molecule has 1 heterocycles. The first-order valence-corrected chi connectivity index (χ1v) is 8.19. The van der Waals surface area contributed by atoms with E-state index < -0.39 is 0 Å². The largest absolute Gasteiger partial charge is 0.346 e. The van der Waals surface area contributed by atoms with E-state index in [0.717, 1.165) is 37.3 Å². The van der Waals surface area contributed by atoms with Crippen LogP contribution in [0.1, 0.15) is 19.4 Å². The van der Waals surface area contributed by atoms with Gasteiger partial charge in [-0.2, -0.15) is 0 Å². The second-order valence-corrected chi connectivity index (χ2v) is 5.86. The van der Waals surface area contributed by atoms with Crippen molar-refractivity contribution in [1.82, 2.24) is 15.5 Å². The molecule has 0 saturated carbocycles. The van der Waals surface area contributed by atoms with Crippen molar-refractivity contribution in [2.75, 3.05) is 38.0 Å². The highest BCUT2D eigenvalue weighted by Gasteiger charge is 2.20. The van der Waals surface area contributed by atoms with Gasteiger partial charge in [-0.25, -0.2) is 0 Å². The zero-order chi connectivity index (χ0) is 16.7. The fourth-order valence-electron chi connectivity index (χ4n) is 2.68. The van der Waals surface area contributed by atoms with Gasteiger partial charge in [-0.1, -0.05) is 25.1 Å². The Hall–Kier alpha value is -1.63. The summed E-state index contributed by atoms with van der Waals surface area (Å²) in [6.07, 6.45) is 0.851. The number of anilines is 1. The van der Waals surface area contributed by atoms with Crippen LogP contribution in [0.25, 0.3) is 0 Å². The van der Waals surface area contributed by atoms with Gasteiger partial charge in [-0.15, -0.1) is 12.4 Å². The Kier molecular flexibility index (Phi) is 8.74. The molecule has 7 heteroatoms. The lowest BCUT2D eigenvalue weighted by Crippen LogP contribution is -2.53. The smallest absolute Gasteiger partial charge is 0.243 e. The number of para-hydroxylation sites is 1. The molecule has 0 unspecified atom stereocenters. The normalized spacial score (nSPS) is 17.7. The predicted molar refractivity (Wildman–Crippen MR) is 98.6 cm³/mol. The van der Waals surface area contributed by atoms with E-state index in [-0.39, 0.29) is 30.8 Å². The Labute approximate surface area is 149 Å². The monoisotopic (exact) mass is 354 g/mol. The molecule has 6 nitrogen and oxygen atoms in total. The fourth-order valence-corrected chi connectivity index (χ4v) is 2.68. The summed E-state index contributed by atoms with van der Waals surface area (Å²) < 4.78 is 0. The predicted octanol–water partition coefficient (Wildman–Crippen LogP) is 1.02. The first-order valence-electron chi connectivity index (χ1n) is 8.19. The van der Waals surface area contributed by atoms with Gasteiger partial charge in [0.15, 0.2) is 0 Å². The minimum absolute atomic E-state index is 0. The molecule has 134 valence electrons. The summed E-state index contributed by atoms with van der Waals surface area (Å²) in [5, 5.41) is 8.84. The summed E-state index contributed by atoms with van der Waals surface area (Å²) in [6, 6.07) is 8.03. The second kappa shape index (κ2) is 10.3. The van der Waals surface area contributed by atoms with Crippen LogP contribution in [0.15, 0.2) is 24.3 Å². The number of nitrogens with zero attached hydrogens (tertiary/aromatic N) is 1. The molecule has 1 saturated heterocycles. The van der Waals surface area contributed by atoms with E-state index in [1.807, 2.05) is 31.2 Å². The first-order chi connectivity index (χ1) is 11.1. The minimum atomic E-state index is -0.201. The van der Waals surface area contributed by atoms with Crippen LogP contribution in [0, 0.1) is 0 Å². The summed E-state index contributed by atoms with van der Waals surface area (Å²) in [7, 11) is 0. The van der Waals surface area contributed by atoms with Crippen LogP contribution >= 0.6 is 12.4 Å². The van der Waals surface area contributed by atoms with Crippen molar-refractivity contribution >= 4 is 29.9 Å². The van der Waals surface area contributed by atoms with Gasteiger partial charge in [0, 0.05) is 31.4 Å². The van der Waals surface area contributed by atoms with Crippen LogP contribution in [0.2, 0.25) is 0 Å². The van der Waals surface area contributed by atoms with Gasteiger partial charge in [0.1, 0.15) is 0 Å². The Bertz CT molecular complexity index is 553. The standard InChI is InChI=1S/C17H26N4O2.ClH/c1-3-14-6-4-5-7-15(14)20-16(22)11-19-17(23)12-21-9-8-18-10-13(21)2;/h4-7,13,18H,3,8-12H2,1-2H3,(H,19,23)(H,20,22);1H/t13-;/m0./s1. The molecule has 1 fully saturated rings. The van der Waals surface area contributed by atoms with E-state index in [4.69, 9.17) is 0 Å². The van der Waals surface area contributed by atoms with E-state index >= 15 is 0 Å². The molecule has 3 N–H and O–H groups in total. The zero-order valence-electron chi connectivity index (χ0n) is 14.3. The van der Waals surface area contributed by atoms with Crippen LogP contribution in [0.5, 0.6) is 0 Å². The molecule has 1 aromatic rings. The van der Waals surface area contributed by atoms with Crippen LogP contribution in [0.3, 0.4) is 0 Å². The summed E-state index contributed by atoms with van der Waals surface area (Å²) in [6.45, 7) is 7.10. The number of carbonyl (C=O) groups excluding carboxylic acids is 2. The number of amides is 2. The van der Waals surface area contributed by atoms with Crippen molar-refractivity contribution in [2.45, 2.75) is 26.3 Å². The summed E-state index contributed by atoms with van der Waals surface area (Å²) in [5.41, 5.74) is 1.90. The molecule has 1 atom stereocenters. The van der Waals surface area contributed by atoms with Crippen molar-refractivity contribution in [3.05, 3.63) is 29.8 Å². The molecule has 2 amide bonds. The summed E-state index contributed by atoms with van der Waals surface area (Å²) in [4.78, 5) is 26.1. The summed E-state index contributed by atoms with van der Waals surface area (Å²) >= 11 is 0. The zero-order valence-corrected chi connectivity index (χ0v) is 15.1. The lowest BCUT2D eigenvalue weighted by atomic mass is 10.1. The summed E-state index contributed by atoms with van der Waals surface area (Å²) in [5.74, 6) is -0.315. The molecule has 0 spiro atoms. The maximum Gasteiger partial charge on any atom is 0.243 e. The number of piperazine rings is 1. The molecule has 1 aliphatic rings. The van der Waals surface area contributed by atoms with Crippen molar-refractivity contribution in [3.63, 3.8) is 0 Å². The quantitative estimate of drug-likeness (QED) is 0.713. The molecule has 0 aliphatic carbocycles. The molecule has 24 heavy (non-hydrogen) atoms. The highest BCUT2D eigenvalue weighted by molar-refractivity contribution is 5.95. The van der Waals surface area contributed by atoms with Gasteiger partial charge in [0.25, 0.3) is 0 Å². The second-order valence-electron chi connectivity index (χ2n) is 5.86. The highest BCUT2D eigenvalue weighted by atomic mass is 35.5. The topological polar surface area (TPSA) is 73.5 Å². The molecule has 0 bridgehead atoms. The number of rotatable bonds is 6. The number of halogens is 1. The SMILES string of the molecule is CCc1ccccc1NC(=O)CNC(=O)CN1CCNC[C@@H]1C.Cl. The van der Waals surface area contributed by atoms with Gasteiger partial charge in [0.05, 0.1) is 13.1 Å². The van der Waals surface area contributed by atoms with Crippen LogP contribution in [-0.2, 0) is 16.0 Å². The van der Waals surface area contributed by atoms with E-state index in [1.165, 1.54) is 0 Å². The van der Waals surface area contributed by atoms with Gasteiger partial charge in [-0.05, 0) is 25.0 Å². The third kappa shape index (κ3) is 6.11. The maximum absolute atomic E-state index is 12.0. The average molecular weight is 355 g/mol. The number of carbonyl (C=O) groups is 2. The van der Waals surface area contributed by atoms with Gasteiger partial charge >= 0.3 is 0 Å². The Morgan fingerprint density at radius 2 is 2.04 bits per heavy atom. The third-order valence-corrected chi connectivity index (χ3v) is 4.10. The minimum Gasteiger partial charge on any atom is -0.346 e. The molecule has 1 aliphatic heterocycles. The van der Waals surface area contributed by atoms with Crippen LogP contribution in [0.4, 0.5) is 5.69 Å². The molecule has 0 aromatic heterocycles.